The molecule has 4 rings (SSSR count). The van der Waals surface area contributed by atoms with Crippen molar-refractivity contribution in [2.75, 3.05) is 0 Å². The Morgan fingerprint density at radius 3 is 2.41 bits per heavy atom. The monoisotopic (exact) mass is 367 g/mol. The van der Waals surface area contributed by atoms with Crippen molar-refractivity contribution >= 4 is 16.9 Å². The van der Waals surface area contributed by atoms with Gasteiger partial charge in [0.05, 0.1) is 18.3 Å². The molecule has 0 fully saturated rings. The molecule has 140 valence electrons. The van der Waals surface area contributed by atoms with Crippen molar-refractivity contribution in [3.63, 3.8) is 0 Å². The molecule has 0 aliphatic heterocycles. The predicted octanol–water partition coefficient (Wildman–Crippen LogP) is 1.04. The lowest BCUT2D eigenvalue weighted by atomic mass is 10.1. The maximum absolute atomic E-state index is 12.7. The van der Waals surface area contributed by atoms with E-state index in [1.807, 2.05) is 42.0 Å². The minimum absolute atomic E-state index is 0.317. The molecule has 0 aliphatic rings. The molecule has 0 bridgehead atoms. The number of hydrogen-bond donors (Lipinski definition) is 1. The molecule has 1 atom stereocenters. The molecule has 1 aromatic carbocycles. The van der Waals surface area contributed by atoms with Gasteiger partial charge in [-0.25, -0.2) is 4.79 Å². The Bertz CT molecular complexity index is 1290. The zero-order chi connectivity index (χ0) is 19.5. The quantitative estimate of drug-likeness (QED) is 0.586. The third kappa shape index (κ3) is 2.52. The smallest absolute Gasteiger partial charge is 0.332 e. The van der Waals surface area contributed by atoms with Crippen LogP contribution < -0.4 is 11.2 Å². The zero-order valence-electron chi connectivity index (χ0n) is 15.7. The van der Waals surface area contributed by atoms with Gasteiger partial charge in [0.25, 0.3) is 5.56 Å². The van der Waals surface area contributed by atoms with E-state index in [2.05, 4.69) is 4.98 Å². The summed E-state index contributed by atoms with van der Waals surface area (Å²) in [5.74, 6) is 0.514. The van der Waals surface area contributed by atoms with Gasteiger partial charge in [-0.1, -0.05) is 29.8 Å². The summed E-state index contributed by atoms with van der Waals surface area (Å²) in [6.07, 6.45) is 1.24. The standard InChI is InChI=1S/C19H21N5O3/c1-11-5-7-13(8-6-11)14-10-24-15-16(20-18(24)23(14)9-12(2)25)21(3)19(27)22(4)17(15)26/h5-8,10,12,25H,9H2,1-4H3. The van der Waals surface area contributed by atoms with Gasteiger partial charge in [-0.15, -0.1) is 0 Å². The number of aromatic nitrogens is 5. The highest BCUT2D eigenvalue weighted by atomic mass is 16.3. The summed E-state index contributed by atoms with van der Waals surface area (Å²) < 4.78 is 6.02. The lowest BCUT2D eigenvalue weighted by molar-refractivity contribution is 0.175. The molecular weight excluding hydrogens is 346 g/mol. The van der Waals surface area contributed by atoms with Crippen molar-refractivity contribution in [1.29, 1.82) is 0 Å². The van der Waals surface area contributed by atoms with Crippen LogP contribution in [0.15, 0.2) is 40.1 Å². The molecule has 0 saturated carbocycles. The third-order valence-electron chi connectivity index (χ3n) is 4.85. The molecule has 1 N–H and O–H groups in total. The van der Waals surface area contributed by atoms with Crippen LogP contribution >= 0.6 is 0 Å². The summed E-state index contributed by atoms with van der Waals surface area (Å²) in [6, 6.07) is 8.02. The molecule has 4 aromatic rings. The number of hydrogen-bond acceptors (Lipinski definition) is 4. The molecule has 8 nitrogen and oxygen atoms in total. The minimum atomic E-state index is -0.600. The third-order valence-corrected chi connectivity index (χ3v) is 4.85. The molecule has 1 unspecified atom stereocenters. The SMILES string of the molecule is Cc1ccc(-c2cn3c4c(=O)n(C)c(=O)n(C)c4nc3n2CC(C)O)cc1. The fraction of sp³-hybridized carbons (Fsp3) is 0.316. The maximum Gasteiger partial charge on any atom is 0.332 e. The van der Waals surface area contributed by atoms with Gasteiger partial charge in [-0.2, -0.15) is 4.98 Å². The normalized spacial score (nSPS) is 12.9. The topological polar surface area (TPSA) is 86.5 Å². The van der Waals surface area contributed by atoms with Crippen LogP contribution in [0.5, 0.6) is 0 Å². The van der Waals surface area contributed by atoms with Crippen LogP contribution in [-0.2, 0) is 20.6 Å². The van der Waals surface area contributed by atoms with Crippen LogP contribution in [0.3, 0.4) is 0 Å². The second kappa shape index (κ2) is 5.95. The van der Waals surface area contributed by atoms with Crippen molar-refractivity contribution in [2.24, 2.45) is 14.1 Å². The van der Waals surface area contributed by atoms with Gasteiger partial charge in [-0.3, -0.25) is 18.3 Å². The van der Waals surface area contributed by atoms with Crippen LogP contribution in [0.1, 0.15) is 12.5 Å². The molecule has 0 radical (unpaired) electrons. The minimum Gasteiger partial charge on any atom is -0.392 e. The first-order valence-corrected chi connectivity index (χ1v) is 8.72. The second-order valence-corrected chi connectivity index (χ2v) is 7.00. The van der Waals surface area contributed by atoms with Crippen LogP contribution in [-0.4, -0.2) is 34.3 Å². The molecule has 27 heavy (non-hydrogen) atoms. The van der Waals surface area contributed by atoms with Gasteiger partial charge in [0.15, 0.2) is 11.2 Å². The lowest BCUT2D eigenvalue weighted by Gasteiger charge is -2.11. The van der Waals surface area contributed by atoms with Gasteiger partial charge in [0.2, 0.25) is 5.78 Å². The number of aliphatic hydroxyl groups excluding tert-OH is 1. The molecule has 0 saturated heterocycles. The Hall–Kier alpha value is -3.13. The van der Waals surface area contributed by atoms with Crippen molar-refractivity contribution in [2.45, 2.75) is 26.5 Å². The molecule has 0 spiro atoms. The second-order valence-electron chi connectivity index (χ2n) is 7.00. The van der Waals surface area contributed by atoms with Crippen molar-refractivity contribution < 1.29 is 5.11 Å². The molecule has 8 heteroatoms. The highest BCUT2D eigenvalue weighted by Crippen LogP contribution is 2.26. The van der Waals surface area contributed by atoms with E-state index in [-0.39, 0.29) is 0 Å². The Morgan fingerprint density at radius 2 is 1.78 bits per heavy atom. The average molecular weight is 367 g/mol. The summed E-state index contributed by atoms with van der Waals surface area (Å²) in [5, 5.41) is 9.99. The zero-order valence-corrected chi connectivity index (χ0v) is 15.7. The average Bonchev–Trinajstić information content (AvgIpc) is 3.16. The number of fused-ring (bicyclic) bond motifs is 3. The predicted molar refractivity (Wildman–Crippen MR) is 103 cm³/mol. The number of aliphatic hydroxyl groups is 1. The van der Waals surface area contributed by atoms with Crippen molar-refractivity contribution in [3.8, 4) is 11.3 Å². The number of benzene rings is 1. The molecular formula is C19H21N5O3. The Balaban J connectivity index is 2.13. The van der Waals surface area contributed by atoms with E-state index in [1.165, 1.54) is 11.6 Å². The van der Waals surface area contributed by atoms with E-state index < -0.39 is 17.4 Å². The van der Waals surface area contributed by atoms with Gasteiger partial charge in [-0.05, 0) is 19.4 Å². The molecule has 0 aliphatic carbocycles. The van der Waals surface area contributed by atoms with E-state index in [1.54, 1.807) is 18.4 Å². The van der Waals surface area contributed by atoms with Gasteiger partial charge < -0.3 is 9.67 Å². The first kappa shape index (κ1) is 17.3. The Labute approximate surface area is 154 Å². The van der Waals surface area contributed by atoms with E-state index in [9.17, 15) is 14.7 Å². The number of aryl methyl sites for hydroxylation is 2. The largest absolute Gasteiger partial charge is 0.392 e. The highest BCUT2D eigenvalue weighted by molar-refractivity contribution is 5.78. The van der Waals surface area contributed by atoms with Gasteiger partial charge >= 0.3 is 5.69 Å². The van der Waals surface area contributed by atoms with Crippen LogP contribution in [0.2, 0.25) is 0 Å². The number of imidazole rings is 2. The summed E-state index contributed by atoms with van der Waals surface area (Å²) in [5.41, 5.74) is 2.80. The van der Waals surface area contributed by atoms with Crippen molar-refractivity contribution in [3.05, 3.63) is 56.9 Å². The maximum atomic E-state index is 12.7. The molecule has 3 heterocycles. The fourth-order valence-electron chi connectivity index (χ4n) is 3.41. The fourth-order valence-corrected chi connectivity index (χ4v) is 3.41. The van der Waals surface area contributed by atoms with Crippen LogP contribution in [0.25, 0.3) is 28.2 Å². The van der Waals surface area contributed by atoms with Crippen LogP contribution in [0, 0.1) is 6.92 Å². The van der Waals surface area contributed by atoms with Crippen LogP contribution in [0.4, 0.5) is 0 Å². The number of nitrogens with zero attached hydrogens (tertiary/aromatic N) is 5. The first-order chi connectivity index (χ1) is 12.8. The van der Waals surface area contributed by atoms with E-state index >= 15 is 0 Å². The van der Waals surface area contributed by atoms with E-state index in [4.69, 9.17) is 0 Å². The summed E-state index contributed by atoms with van der Waals surface area (Å²) in [7, 11) is 3.05. The van der Waals surface area contributed by atoms with Gasteiger partial charge in [0.1, 0.15) is 0 Å². The first-order valence-electron chi connectivity index (χ1n) is 8.72. The summed E-state index contributed by atoms with van der Waals surface area (Å²) in [4.78, 5) is 29.5. The summed E-state index contributed by atoms with van der Waals surface area (Å²) in [6.45, 7) is 4.04. The van der Waals surface area contributed by atoms with Gasteiger partial charge in [0, 0.05) is 20.3 Å². The Morgan fingerprint density at radius 1 is 1.11 bits per heavy atom. The lowest BCUT2D eigenvalue weighted by Crippen LogP contribution is -2.37. The highest BCUT2D eigenvalue weighted by Gasteiger charge is 2.21. The van der Waals surface area contributed by atoms with E-state index in [0.717, 1.165) is 21.4 Å². The number of rotatable bonds is 3. The van der Waals surface area contributed by atoms with Crippen molar-refractivity contribution in [1.82, 2.24) is 23.1 Å². The summed E-state index contributed by atoms with van der Waals surface area (Å²) >= 11 is 0. The van der Waals surface area contributed by atoms with E-state index in [0.29, 0.717) is 23.5 Å². The molecule has 0 amide bonds. The molecule has 3 aromatic heterocycles. The Kier molecular flexibility index (Phi) is 3.81.